The SMILES string of the molecule is COc1ccc(C(C)CC(=O)N2Cc3ccccc3C(C(=O)O)C2)cc1. The van der Waals surface area contributed by atoms with E-state index in [1.807, 2.05) is 55.5 Å². The molecule has 2 aromatic rings. The Morgan fingerprint density at radius 2 is 1.88 bits per heavy atom. The Morgan fingerprint density at radius 3 is 2.54 bits per heavy atom. The van der Waals surface area contributed by atoms with E-state index in [0.717, 1.165) is 22.4 Å². The number of nitrogens with zero attached hydrogens (tertiary/aromatic N) is 1. The molecule has 2 atom stereocenters. The van der Waals surface area contributed by atoms with Gasteiger partial charge >= 0.3 is 5.97 Å². The van der Waals surface area contributed by atoms with E-state index in [4.69, 9.17) is 4.74 Å². The van der Waals surface area contributed by atoms with Gasteiger partial charge in [-0.1, -0.05) is 43.3 Å². The number of methoxy groups -OCH3 is 1. The zero-order valence-electron chi connectivity index (χ0n) is 15.0. The van der Waals surface area contributed by atoms with Crippen LogP contribution in [0.15, 0.2) is 48.5 Å². The molecular formula is C21H23NO4. The highest BCUT2D eigenvalue weighted by atomic mass is 16.5. The zero-order chi connectivity index (χ0) is 18.7. The molecule has 0 fully saturated rings. The van der Waals surface area contributed by atoms with Crippen molar-refractivity contribution in [3.63, 3.8) is 0 Å². The quantitative estimate of drug-likeness (QED) is 0.895. The summed E-state index contributed by atoms with van der Waals surface area (Å²) in [5.41, 5.74) is 2.79. The summed E-state index contributed by atoms with van der Waals surface area (Å²) in [6.45, 7) is 2.70. The number of carbonyl (C=O) groups excluding carboxylic acids is 1. The average Bonchev–Trinajstić information content (AvgIpc) is 2.66. The molecule has 0 saturated heterocycles. The van der Waals surface area contributed by atoms with Gasteiger partial charge in [0.25, 0.3) is 0 Å². The molecule has 1 amide bonds. The Balaban J connectivity index is 1.72. The first-order chi connectivity index (χ1) is 12.5. The largest absolute Gasteiger partial charge is 0.497 e. The molecule has 0 saturated carbocycles. The number of carboxylic acids is 1. The Kier molecular flexibility index (Phi) is 5.26. The van der Waals surface area contributed by atoms with Crippen LogP contribution in [0.1, 0.15) is 41.9 Å². The first-order valence-corrected chi connectivity index (χ1v) is 8.72. The van der Waals surface area contributed by atoms with Crippen LogP contribution in [0.5, 0.6) is 5.75 Å². The van der Waals surface area contributed by atoms with Crippen LogP contribution in [0.25, 0.3) is 0 Å². The molecule has 2 aromatic carbocycles. The predicted octanol–water partition coefficient (Wildman–Crippen LogP) is 3.40. The van der Waals surface area contributed by atoms with Crippen molar-refractivity contribution in [2.45, 2.75) is 31.7 Å². The van der Waals surface area contributed by atoms with Gasteiger partial charge in [-0.05, 0) is 34.7 Å². The van der Waals surface area contributed by atoms with Crippen LogP contribution in [0.4, 0.5) is 0 Å². The van der Waals surface area contributed by atoms with Gasteiger partial charge in [0.15, 0.2) is 0 Å². The second kappa shape index (κ2) is 7.60. The number of rotatable bonds is 5. The van der Waals surface area contributed by atoms with Crippen LogP contribution in [-0.2, 0) is 16.1 Å². The number of carboxylic acid groups (broad SMARTS) is 1. The third-order valence-electron chi connectivity index (χ3n) is 5.01. The van der Waals surface area contributed by atoms with Crippen molar-refractivity contribution in [1.29, 1.82) is 0 Å². The topological polar surface area (TPSA) is 66.8 Å². The van der Waals surface area contributed by atoms with Crippen LogP contribution in [-0.4, -0.2) is 35.5 Å². The second-order valence-electron chi connectivity index (χ2n) is 6.74. The lowest BCUT2D eigenvalue weighted by atomic mass is 9.89. The number of hydrogen-bond donors (Lipinski definition) is 1. The molecule has 0 spiro atoms. The van der Waals surface area contributed by atoms with E-state index in [2.05, 4.69) is 0 Å². The lowest BCUT2D eigenvalue weighted by molar-refractivity contribution is -0.141. The minimum absolute atomic E-state index is 0.0194. The van der Waals surface area contributed by atoms with Gasteiger partial charge in [0, 0.05) is 19.5 Å². The smallest absolute Gasteiger partial charge is 0.312 e. The second-order valence-corrected chi connectivity index (χ2v) is 6.74. The van der Waals surface area contributed by atoms with E-state index >= 15 is 0 Å². The average molecular weight is 353 g/mol. The first kappa shape index (κ1) is 18.0. The van der Waals surface area contributed by atoms with Crippen molar-refractivity contribution in [3.8, 4) is 5.75 Å². The van der Waals surface area contributed by atoms with Gasteiger partial charge in [0.05, 0.1) is 13.0 Å². The number of aliphatic carboxylic acids is 1. The number of carbonyl (C=O) groups is 2. The number of benzene rings is 2. The van der Waals surface area contributed by atoms with E-state index in [0.29, 0.717) is 13.0 Å². The number of fused-ring (bicyclic) bond motifs is 1. The van der Waals surface area contributed by atoms with E-state index in [1.165, 1.54) is 0 Å². The minimum atomic E-state index is -0.891. The summed E-state index contributed by atoms with van der Waals surface area (Å²) in [5, 5.41) is 9.54. The summed E-state index contributed by atoms with van der Waals surface area (Å²) < 4.78 is 5.16. The van der Waals surface area contributed by atoms with Gasteiger partial charge in [0.1, 0.15) is 5.75 Å². The molecule has 1 aliphatic rings. The fourth-order valence-electron chi connectivity index (χ4n) is 3.45. The number of hydrogen-bond acceptors (Lipinski definition) is 3. The lowest BCUT2D eigenvalue weighted by Crippen LogP contribution is -2.40. The lowest BCUT2D eigenvalue weighted by Gasteiger charge is -2.33. The monoisotopic (exact) mass is 353 g/mol. The predicted molar refractivity (Wildman–Crippen MR) is 98.3 cm³/mol. The van der Waals surface area contributed by atoms with Crippen LogP contribution in [0.2, 0.25) is 0 Å². The molecule has 0 radical (unpaired) electrons. The van der Waals surface area contributed by atoms with Crippen LogP contribution < -0.4 is 4.74 Å². The summed E-state index contributed by atoms with van der Waals surface area (Å²) in [6, 6.07) is 15.2. The van der Waals surface area contributed by atoms with Crippen molar-refractivity contribution in [3.05, 3.63) is 65.2 Å². The Morgan fingerprint density at radius 1 is 1.19 bits per heavy atom. The van der Waals surface area contributed by atoms with Gasteiger partial charge < -0.3 is 14.7 Å². The molecule has 1 aliphatic heterocycles. The van der Waals surface area contributed by atoms with Crippen molar-refractivity contribution in [1.82, 2.24) is 4.90 Å². The molecule has 0 aliphatic carbocycles. The molecule has 3 rings (SSSR count). The minimum Gasteiger partial charge on any atom is -0.497 e. The van der Waals surface area contributed by atoms with Crippen LogP contribution >= 0.6 is 0 Å². The maximum Gasteiger partial charge on any atom is 0.312 e. The summed E-state index contributed by atoms with van der Waals surface area (Å²) in [7, 11) is 1.62. The van der Waals surface area contributed by atoms with E-state index in [1.54, 1.807) is 12.0 Å². The fourth-order valence-corrected chi connectivity index (χ4v) is 3.45. The van der Waals surface area contributed by atoms with Crippen molar-refractivity contribution >= 4 is 11.9 Å². The summed E-state index contributed by atoms with van der Waals surface area (Å²) in [6.07, 6.45) is 0.348. The molecule has 2 unspecified atom stereocenters. The fraction of sp³-hybridized carbons (Fsp3) is 0.333. The Hall–Kier alpha value is -2.82. The van der Waals surface area contributed by atoms with Gasteiger partial charge in [0.2, 0.25) is 5.91 Å². The van der Waals surface area contributed by atoms with E-state index < -0.39 is 11.9 Å². The Labute approximate surface area is 153 Å². The molecule has 0 bridgehead atoms. The maximum absolute atomic E-state index is 12.8. The van der Waals surface area contributed by atoms with E-state index in [-0.39, 0.29) is 18.4 Å². The van der Waals surface area contributed by atoms with Gasteiger partial charge in [-0.2, -0.15) is 0 Å². The zero-order valence-corrected chi connectivity index (χ0v) is 15.0. The molecule has 5 nitrogen and oxygen atoms in total. The molecule has 26 heavy (non-hydrogen) atoms. The van der Waals surface area contributed by atoms with Crippen molar-refractivity contribution < 1.29 is 19.4 Å². The highest BCUT2D eigenvalue weighted by Gasteiger charge is 2.32. The third-order valence-corrected chi connectivity index (χ3v) is 5.01. The van der Waals surface area contributed by atoms with Gasteiger partial charge in [-0.15, -0.1) is 0 Å². The highest BCUT2D eigenvalue weighted by Crippen LogP contribution is 2.30. The number of ether oxygens (including phenoxy) is 1. The maximum atomic E-state index is 12.8. The van der Waals surface area contributed by atoms with Crippen LogP contribution in [0.3, 0.4) is 0 Å². The van der Waals surface area contributed by atoms with Gasteiger partial charge in [-0.25, -0.2) is 0 Å². The normalized spacial score (nSPS) is 17.3. The van der Waals surface area contributed by atoms with Crippen LogP contribution in [0, 0.1) is 0 Å². The number of amides is 1. The third kappa shape index (κ3) is 3.72. The summed E-state index contributed by atoms with van der Waals surface area (Å²) in [4.78, 5) is 26.1. The first-order valence-electron chi connectivity index (χ1n) is 8.72. The molecule has 5 heteroatoms. The highest BCUT2D eigenvalue weighted by molar-refractivity contribution is 5.82. The van der Waals surface area contributed by atoms with Crippen molar-refractivity contribution in [2.24, 2.45) is 0 Å². The molecule has 0 aromatic heterocycles. The summed E-state index contributed by atoms with van der Waals surface area (Å²) in [5.74, 6) is -0.745. The molecule has 136 valence electrons. The Bertz CT molecular complexity index is 800. The van der Waals surface area contributed by atoms with Gasteiger partial charge in [-0.3, -0.25) is 9.59 Å². The molecule has 1 N–H and O–H groups in total. The summed E-state index contributed by atoms with van der Waals surface area (Å²) >= 11 is 0. The standard InChI is InChI=1S/C21H23NO4/c1-14(15-7-9-17(26-2)10-8-15)11-20(23)22-12-16-5-3-4-6-18(16)19(13-22)21(24)25/h3-10,14,19H,11-13H2,1-2H3,(H,24,25). The van der Waals surface area contributed by atoms with E-state index in [9.17, 15) is 14.7 Å². The van der Waals surface area contributed by atoms with Crippen molar-refractivity contribution in [2.75, 3.05) is 13.7 Å². The molecule has 1 heterocycles. The molecular weight excluding hydrogens is 330 g/mol.